The smallest absolute Gasteiger partial charge is 0.170 e. The van der Waals surface area contributed by atoms with Gasteiger partial charge in [-0.05, 0) is 46.7 Å². The molecule has 0 amide bonds. The summed E-state index contributed by atoms with van der Waals surface area (Å²) in [4.78, 5) is 2.69. The minimum Gasteiger partial charge on any atom is -0.347 e. The number of rotatable bonds is 2. The van der Waals surface area contributed by atoms with Crippen molar-refractivity contribution in [1.29, 1.82) is 0 Å². The maximum Gasteiger partial charge on any atom is 0.170 e. The van der Waals surface area contributed by atoms with Crippen LogP contribution in [0.2, 0.25) is 0 Å². The zero-order chi connectivity index (χ0) is 13.5. The van der Waals surface area contributed by atoms with Gasteiger partial charge < -0.3 is 14.8 Å². The van der Waals surface area contributed by atoms with E-state index >= 15 is 0 Å². The number of hydrogen-bond acceptors (Lipinski definition) is 4. The zero-order valence-electron chi connectivity index (χ0n) is 12.6. The summed E-state index contributed by atoms with van der Waals surface area (Å²) in [6.07, 6.45) is 5.81. The Morgan fingerprint density at radius 3 is 2.47 bits per heavy atom. The Hall–Kier alpha value is -0.160. The van der Waals surface area contributed by atoms with E-state index in [4.69, 9.17) is 9.47 Å². The Kier molecular flexibility index (Phi) is 3.63. The molecule has 3 rings (SSSR count). The number of nitrogens with zero attached hydrogens (tertiary/aromatic N) is 1. The van der Waals surface area contributed by atoms with Gasteiger partial charge in [0, 0.05) is 30.5 Å². The molecule has 1 spiro atoms. The number of likely N-dealkylation sites (N-methyl/N-ethyl adjacent to an activating group) is 1. The highest BCUT2D eigenvalue weighted by Crippen LogP contribution is 2.41. The second kappa shape index (κ2) is 4.99. The van der Waals surface area contributed by atoms with Crippen molar-refractivity contribution in [3.05, 3.63) is 0 Å². The molecule has 3 fully saturated rings. The topological polar surface area (TPSA) is 33.7 Å². The number of nitrogens with one attached hydrogen (secondary N) is 1. The first-order valence-electron chi connectivity index (χ1n) is 7.78. The summed E-state index contributed by atoms with van der Waals surface area (Å²) in [5, 5.41) is 3.52. The number of ether oxygens (including phenoxy) is 2. The van der Waals surface area contributed by atoms with Crippen LogP contribution in [0.15, 0.2) is 0 Å². The second-order valence-corrected chi connectivity index (χ2v) is 6.92. The first kappa shape index (κ1) is 13.8. The Morgan fingerprint density at radius 1 is 1.16 bits per heavy atom. The maximum absolute atomic E-state index is 5.96. The Labute approximate surface area is 116 Å². The first-order valence-corrected chi connectivity index (χ1v) is 7.78. The Bertz CT molecular complexity index is 326. The van der Waals surface area contributed by atoms with Gasteiger partial charge in [0.1, 0.15) is 0 Å². The van der Waals surface area contributed by atoms with Gasteiger partial charge in [-0.2, -0.15) is 0 Å². The molecule has 3 aliphatic rings. The molecule has 4 heteroatoms. The first-order chi connectivity index (χ1) is 9.06. The minimum atomic E-state index is -0.281. The lowest BCUT2D eigenvalue weighted by Crippen LogP contribution is -2.60. The summed E-state index contributed by atoms with van der Waals surface area (Å²) in [5.74, 6) is -0.281. The average Bonchev–Trinajstić information content (AvgIpc) is 2.96. The van der Waals surface area contributed by atoms with Crippen LogP contribution in [0.1, 0.15) is 46.0 Å². The van der Waals surface area contributed by atoms with Gasteiger partial charge in [0.15, 0.2) is 5.79 Å². The van der Waals surface area contributed by atoms with Crippen LogP contribution >= 0.6 is 0 Å². The highest BCUT2D eigenvalue weighted by molar-refractivity contribution is 5.01. The van der Waals surface area contributed by atoms with Crippen LogP contribution in [0.25, 0.3) is 0 Å². The largest absolute Gasteiger partial charge is 0.347 e. The van der Waals surface area contributed by atoms with Gasteiger partial charge in [-0.3, -0.25) is 4.90 Å². The number of hydrogen-bond donors (Lipinski definition) is 1. The van der Waals surface area contributed by atoms with E-state index < -0.39 is 0 Å². The Morgan fingerprint density at radius 2 is 1.89 bits per heavy atom. The van der Waals surface area contributed by atoms with E-state index in [2.05, 4.69) is 31.1 Å². The summed E-state index contributed by atoms with van der Waals surface area (Å²) < 4.78 is 11.9. The van der Waals surface area contributed by atoms with E-state index in [0.717, 1.165) is 32.5 Å². The van der Waals surface area contributed by atoms with E-state index in [1.54, 1.807) is 0 Å². The van der Waals surface area contributed by atoms with Gasteiger partial charge in [-0.1, -0.05) is 0 Å². The molecule has 1 N–H and O–H groups in total. The highest BCUT2D eigenvalue weighted by atomic mass is 16.7. The van der Waals surface area contributed by atoms with Gasteiger partial charge in [0.25, 0.3) is 0 Å². The van der Waals surface area contributed by atoms with Gasteiger partial charge >= 0.3 is 0 Å². The molecule has 1 aliphatic carbocycles. The summed E-state index contributed by atoms with van der Waals surface area (Å²) in [5.41, 5.74) is 0.316. The molecule has 2 aliphatic heterocycles. The van der Waals surface area contributed by atoms with E-state index in [9.17, 15) is 0 Å². The third-order valence-electron chi connectivity index (χ3n) is 5.37. The average molecular weight is 268 g/mol. The van der Waals surface area contributed by atoms with E-state index in [0.29, 0.717) is 17.6 Å². The predicted molar refractivity (Wildman–Crippen MR) is 75.1 cm³/mol. The minimum absolute atomic E-state index is 0.281. The van der Waals surface area contributed by atoms with Gasteiger partial charge in [0.05, 0.1) is 13.2 Å². The fourth-order valence-electron chi connectivity index (χ4n) is 4.30. The Balaban J connectivity index is 1.79. The molecule has 2 saturated heterocycles. The second-order valence-electron chi connectivity index (χ2n) is 6.92. The van der Waals surface area contributed by atoms with Crippen molar-refractivity contribution in [3.63, 3.8) is 0 Å². The van der Waals surface area contributed by atoms with Gasteiger partial charge in [0.2, 0.25) is 0 Å². The SMILES string of the molecule is CNC1CCC2(CC1N1CCCC1(C)C)OCCO2. The fraction of sp³-hybridized carbons (Fsp3) is 1.00. The van der Waals surface area contributed by atoms with Crippen LogP contribution in [0.5, 0.6) is 0 Å². The third kappa shape index (κ3) is 2.44. The van der Waals surface area contributed by atoms with Crippen molar-refractivity contribution >= 4 is 0 Å². The van der Waals surface area contributed by atoms with Crippen molar-refractivity contribution in [2.75, 3.05) is 26.8 Å². The van der Waals surface area contributed by atoms with E-state index in [1.807, 2.05) is 0 Å². The molecule has 2 heterocycles. The molecule has 1 saturated carbocycles. The molecule has 0 aromatic rings. The molecule has 0 radical (unpaired) electrons. The van der Waals surface area contributed by atoms with Gasteiger partial charge in [-0.15, -0.1) is 0 Å². The standard InChI is InChI=1S/C15H28N2O2/c1-14(2)6-4-8-17(14)13-11-15(18-9-10-19-15)7-5-12(13)16-3/h12-13,16H,4-11H2,1-3H3. The molecule has 4 nitrogen and oxygen atoms in total. The van der Waals surface area contributed by atoms with Crippen molar-refractivity contribution in [1.82, 2.24) is 10.2 Å². The molecule has 19 heavy (non-hydrogen) atoms. The van der Waals surface area contributed by atoms with Crippen LogP contribution < -0.4 is 5.32 Å². The molecular formula is C15H28N2O2. The van der Waals surface area contributed by atoms with E-state index in [1.165, 1.54) is 19.4 Å². The lowest BCUT2D eigenvalue weighted by atomic mass is 9.83. The zero-order valence-corrected chi connectivity index (χ0v) is 12.6. The quantitative estimate of drug-likeness (QED) is 0.827. The van der Waals surface area contributed by atoms with Crippen molar-refractivity contribution in [2.24, 2.45) is 0 Å². The summed E-state index contributed by atoms with van der Waals surface area (Å²) >= 11 is 0. The fourth-order valence-corrected chi connectivity index (χ4v) is 4.30. The highest BCUT2D eigenvalue weighted by Gasteiger charge is 2.49. The van der Waals surface area contributed by atoms with Crippen molar-refractivity contribution in [3.8, 4) is 0 Å². The van der Waals surface area contributed by atoms with Crippen molar-refractivity contribution in [2.45, 2.75) is 69.4 Å². The number of likely N-dealkylation sites (tertiary alicyclic amines) is 1. The third-order valence-corrected chi connectivity index (χ3v) is 5.37. The maximum atomic E-state index is 5.96. The predicted octanol–water partition coefficient (Wildman–Crippen LogP) is 1.74. The molecule has 0 aromatic heterocycles. The molecule has 2 atom stereocenters. The summed E-state index contributed by atoms with van der Waals surface area (Å²) in [6.45, 7) is 7.50. The molecule has 0 bridgehead atoms. The molecule has 2 unspecified atom stereocenters. The summed E-state index contributed by atoms with van der Waals surface area (Å²) in [6, 6.07) is 1.10. The normalized spacial score (nSPS) is 38.1. The molecule has 0 aromatic carbocycles. The monoisotopic (exact) mass is 268 g/mol. The van der Waals surface area contributed by atoms with E-state index in [-0.39, 0.29) is 5.79 Å². The van der Waals surface area contributed by atoms with Crippen LogP contribution in [0.4, 0.5) is 0 Å². The van der Waals surface area contributed by atoms with Gasteiger partial charge in [-0.25, -0.2) is 0 Å². The van der Waals surface area contributed by atoms with Crippen LogP contribution in [0.3, 0.4) is 0 Å². The van der Waals surface area contributed by atoms with Crippen LogP contribution in [0, 0.1) is 0 Å². The van der Waals surface area contributed by atoms with Crippen molar-refractivity contribution < 1.29 is 9.47 Å². The van der Waals surface area contributed by atoms with Crippen LogP contribution in [-0.2, 0) is 9.47 Å². The lowest BCUT2D eigenvalue weighted by molar-refractivity contribution is -0.195. The molecule has 110 valence electrons. The lowest BCUT2D eigenvalue weighted by Gasteiger charge is -2.48. The summed E-state index contributed by atoms with van der Waals surface area (Å²) in [7, 11) is 2.09. The molecular weight excluding hydrogens is 240 g/mol. The van der Waals surface area contributed by atoms with Crippen LogP contribution in [-0.4, -0.2) is 55.1 Å².